The van der Waals surface area contributed by atoms with Crippen molar-refractivity contribution in [1.29, 1.82) is 0 Å². The fourth-order valence-corrected chi connectivity index (χ4v) is 1.12. The number of hydrogen-bond donors (Lipinski definition) is 0. The second kappa shape index (κ2) is 1.46. The molecule has 1 nitrogen and oxygen atoms in total. The predicted octanol–water partition coefficient (Wildman–Crippen LogP) is 1.27. The fraction of sp³-hybridized carbons (Fsp3) is 0.429. The lowest BCUT2D eigenvalue weighted by Gasteiger charge is -2.13. The molecular weight excluding hydrogens is 100 g/mol. The van der Waals surface area contributed by atoms with Gasteiger partial charge in [0.25, 0.3) is 0 Å². The Morgan fingerprint density at radius 1 is 1.25 bits per heavy atom. The van der Waals surface area contributed by atoms with E-state index in [0.29, 0.717) is 12.2 Å². The van der Waals surface area contributed by atoms with E-state index in [9.17, 15) is 0 Å². The summed E-state index contributed by atoms with van der Waals surface area (Å²) in [4.78, 5) is 0. The van der Waals surface area contributed by atoms with Gasteiger partial charge in [-0.25, -0.2) is 0 Å². The first-order chi connectivity index (χ1) is 3.95. The summed E-state index contributed by atoms with van der Waals surface area (Å²) in [5, 5.41) is 0. The molecule has 0 spiro atoms. The van der Waals surface area contributed by atoms with E-state index < -0.39 is 0 Å². The molecule has 2 bridgehead atoms. The fourth-order valence-electron chi connectivity index (χ4n) is 1.12. The van der Waals surface area contributed by atoms with Gasteiger partial charge < -0.3 is 4.74 Å². The number of rotatable bonds is 0. The molecule has 42 valence electrons. The van der Waals surface area contributed by atoms with Gasteiger partial charge in [-0.3, -0.25) is 0 Å². The number of hydrogen-bond acceptors (Lipinski definition) is 1. The Morgan fingerprint density at radius 2 is 2.25 bits per heavy atom. The first kappa shape index (κ1) is 4.33. The molecule has 0 aromatic carbocycles. The zero-order chi connectivity index (χ0) is 5.40. The van der Waals surface area contributed by atoms with E-state index >= 15 is 0 Å². The predicted molar refractivity (Wildman–Crippen MR) is 31.6 cm³/mol. The van der Waals surface area contributed by atoms with Gasteiger partial charge in [-0.2, -0.15) is 0 Å². The van der Waals surface area contributed by atoms with Crippen molar-refractivity contribution in [3.8, 4) is 0 Å². The summed E-state index contributed by atoms with van der Waals surface area (Å²) >= 11 is 0. The molecule has 2 heterocycles. The maximum absolute atomic E-state index is 5.40. The minimum absolute atomic E-state index is 0.300. The van der Waals surface area contributed by atoms with Crippen molar-refractivity contribution < 1.29 is 4.74 Å². The second-order valence-electron chi connectivity index (χ2n) is 2.19. The van der Waals surface area contributed by atoms with Gasteiger partial charge in [0.1, 0.15) is 0 Å². The third kappa shape index (κ3) is 0.514. The normalized spacial score (nSPS) is 41.0. The van der Waals surface area contributed by atoms with E-state index in [1.165, 1.54) is 0 Å². The average Bonchev–Trinajstić information content (AvgIpc) is 2.12. The van der Waals surface area contributed by atoms with Crippen LogP contribution in [0.1, 0.15) is 6.42 Å². The van der Waals surface area contributed by atoms with E-state index in [1.54, 1.807) is 0 Å². The van der Waals surface area contributed by atoms with Gasteiger partial charge in [-0.05, 0) is 6.42 Å². The second-order valence-corrected chi connectivity index (χ2v) is 2.19. The van der Waals surface area contributed by atoms with Gasteiger partial charge >= 0.3 is 0 Å². The van der Waals surface area contributed by atoms with Gasteiger partial charge in [-0.15, -0.1) is 0 Å². The van der Waals surface area contributed by atoms with Crippen LogP contribution in [0.3, 0.4) is 0 Å². The number of fused-ring (bicyclic) bond motifs is 2. The largest absolute Gasteiger partial charge is 0.362 e. The minimum Gasteiger partial charge on any atom is -0.362 e. The Labute approximate surface area is 48.7 Å². The Bertz CT molecular complexity index is 144. The van der Waals surface area contributed by atoms with Gasteiger partial charge in [0.2, 0.25) is 0 Å². The smallest absolute Gasteiger partial charge is 0.0946 e. The average molecular weight is 108 g/mol. The molecule has 0 amide bonds. The summed E-state index contributed by atoms with van der Waals surface area (Å²) in [6.45, 7) is 0. The molecule has 2 rings (SSSR count). The Balaban J connectivity index is 2.28. The van der Waals surface area contributed by atoms with Crippen molar-refractivity contribution in [3.63, 3.8) is 0 Å². The van der Waals surface area contributed by atoms with Crippen LogP contribution in [0.2, 0.25) is 0 Å². The minimum atomic E-state index is 0.300. The third-order valence-corrected chi connectivity index (χ3v) is 1.54. The quantitative estimate of drug-likeness (QED) is 0.424. The van der Waals surface area contributed by atoms with Crippen LogP contribution in [0.15, 0.2) is 24.3 Å². The van der Waals surface area contributed by atoms with Crippen LogP contribution in [0, 0.1) is 0 Å². The summed E-state index contributed by atoms with van der Waals surface area (Å²) in [6.07, 6.45) is 10.3. The molecule has 0 aliphatic carbocycles. The van der Waals surface area contributed by atoms with Crippen molar-refractivity contribution in [2.45, 2.75) is 18.6 Å². The summed E-state index contributed by atoms with van der Waals surface area (Å²) < 4.78 is 5.40. The SMILES string of the molecule is C1=C[C@@H]2C=C[C@@H](C1)O2. The van der Waals surface area contributed by atoms with E-state index in [4.69, 9.17) is 4.74 Å². The summed E-state index contributed by atoms with van der Waals surface area (Å²) in [5.41, 5.74) is 0. The van der Waals surface area contributed by atoms with Crippen LogP contribution in [-0.2, 0) is 4.74 Å². The molecule has 0 N–H and O–H groups in total. The third-order valence-electron chi connectivity index (χ3n) is 1.54. The monoisotopic (exact) mass is 108 g/mol. The standard InChI is InChI=1S/C7H8O/c1-2-6-4-5-7(3-1)8-6/h1-2,4-7H,3H2/t6-,7-/m1/s1. The lowest BCUT2D eigenvalue weighted by molar-refractivity contribution is 0.0800. The Kier molecular flexibility index (Phi) is 0.788. The Hall–Kier alpha value is -0.560. The highest BCUT2D eigenvalue weighted by Crippen LogP contribution is 2.20. The van der Waals surface area contributed by atoms with Crippen LogP contribution in [0.5, 0.6) is 0 Å². The molecule has 1 heteroatoms. The first-order valence-electron chi connectivity index (χ1n) is 2.95. The molecule has 0 unspecified atom stereocenters. The van der Waals surface area contributed by atoms with E-state index in [0.717, 1.165) is 6.42 Å². The lowest BCUT2D eigenvalue weighted by atomic mass is 10.2. The summed E-state index contributed by atoms with van der Waals surface area (Å²) in [7, 11) is 0. The van der Waals surface area contributed by atoms with Crippen LogP contribution in [-0.4, -0.2) is 12.2 Å². The zero-order valence-corrected chi connectivity index (χ0v) is 4.58. The van der Waals surface area contributed by atoms with Crippen LogP contribution in [0.4, 0.5) is 0 Å². The molecule has 2 aliphatic rings. The van der Waals surface area contributed by atoms with Crippen LogP contribution >= 0.6 is 0 Å². The maximum Gasteiger partial charge on any atom is 0.0946 e. The first-order valence-corrected chi connectivity index (χ1v) is 2.95. The molecule has 0 saturated heterocycles. The van der Waals surface area contributed by atoms with Crippen LogP contribution < -0.4 is 0 Å². The van der Waals surface area contributed by atoms with Gasteiger partial charge in [0.15, 0.2) is 0 Å². The molecule has 0 aromatic heterocycles. The Morgan fingerprint density at radius 3 is 3.00 bits per heavy atom. The zero-order valence-electron chi connectivity index (χ0n) is 4.58. The highest BCUT2D eigenvalue weighted by molar-refractivity contribution is 5.15. The van der Waals surface area contributed by atoms with E-state index in [2.05, 4.69) is 24.3 Å². The van der Waals surface area contributed by atoms with Gasteiger partial charge in [0, 0.05) is 0 Å². The van der Waals surface area contributed by atoms with Gasteiger partial charge in [0.05, 0.1) is 12.2 Å². The molecule has 2 aliphatic heterocycles. The molecule has 8 heavy (non-hydrogen) atoms. The highest BCUT2D eigenvalue weighted by Gasteiger charge is 2.18. The molecule has 2 atom stereocenters. The van der Waals surface area contributed by atoms with Crippen LogP contribution in [0.25, 0.3) is 0 Å². The van der Waals surface area contributed by atoms with Crippen molar-refractivity contribution in [3.05, 3.63) is 24.3 Å². The lowest BCUT2D eigenvalue weighted by Crippen LogP contribution is -2.12. The molecule has 0 saturated carbocycles. The van der Waals surface area contributed by atoms with E-state index in [-0.39, 0.29) is 0 Å². The summed E-state index contributed by atoms with van der Waals surface area (Å²) in [5.74, 6) is 0. The highest BCUT2D eigenvalue weighted by atomic mass is 16.5. The maximum atomic E-state index is 5.40. The van der Waals surface area contributed by atoms with Crippen molar-refractivity contribution in [2.24, 2.45) is 0 Å². The molecule has 0 aromatic rings. The van der Waals surface area contributed by atoms with Crippen molar-refractivity contribution in [2.75, 3.05) is 0 Å². The topological polar surface area (TPSA) is 9.23 Å². The van der Waals surface area contributed by atoms with Crippen molar-refractivity contribution >= 4 is 0 Å². The molecule has 0 fully saturated rings. The van der Waals surface area contributed by atoms with Crippen molar-refractivity contribution in [1.82, 2.24) is 0 Å². The molecular formula is C7H8O. The summed E-state index contributed by atoms with van der Waals surface area (Å²) in [6, 6.07) is 0. The molecule has 0 radical (unpaired) electrons. The van der Waals surface area contributed by atoms with E-state index in [1.807, 2.05) is 0 Å². The van der Waals surface area contributed by atoms with Gasteiger partial charge in [-0.1, -0.05) is 24.3 Å². The number of ether oxygens (including phenoxy) is 1.